The van der Waals surface area contributed by atoms with Gasteiger partial charge in [0.2, 0.25) is 0 Å². The molecule has 2 heterocycles. The number of rotatable bonds is 2. The van der Waals surface area contributed by atoms with Crippen molar-refractivity contribution in [3.8, 4) is 0 Å². The van der Waals surface area contributed by atoms with E-state index in [1.54, 1.807) is 0 Å². The predicted molar refractivity (Wildman–Crippen MR) is 52.9 cm³/mol. The average molecular weight is 220 g/mol. The molecule has 0 spiro atoms. The lowest BCUT2D eigenvalue weighted by atomic mass is 10.1. The van der Waals surface area contributed by atoms with Crippen LogP contribution in [0.15, 0.2) is 0 Å². The van der Waals surface area contributed by atoms with Crippen LogP contribution in [-0.2, 0) is 9.84 Å². The van der Waals surface area contributed by atoms with Crippen molar-refractivity contribution in [2.75, 3.05) is 37.7 Å². The van der Waals surface area contributed by atoms with Crippen LogP contribution in [0.4, 0.5) is 0 Å². The van der Waals surface area contributed by atoms with Crippen molar-refractivity contribution < 1.29 is 13.5 Å². The third kappa shape index (κ3) is 1.93. The molecule has 6 heteroatoms. The van der Waals surface area contributed by atoms with Crippen LogP contribution in [0.3, 0.4) is 0 Å². The van der Waals surface area contributed by atoms with Crippen LogP contribution in [0.1, 0.15) is 0 Å². The van der Waals surface area contributed by atoms with Gasteiger partial charge in [0.25, 0.3) is 0 Å². The molecule has 2 aliphatic rings. The average Bonchev–Trinajstić information content (AvgIpc) is 2.41. The van der Waals surface area contributed by atoms with E-state index in [9.17, 15) is 8.42 Å². The minimum Gasteiger partial charge on any atom is -0.395 e. The fourth-order valence-corrected chi connectivity index (χ4v) is 4.34. The van der Waals surface area contributed by atoms with Gasteiger partial charge in [0.05, 0.1) is 18.1 Å². The summed E-state index contributed by atoms with van der Waals surface area (Å²) in [7, 11) is -2.87. The van der Waals surface area contributed by atoms with E-state index in [2.05, 4.69) is 10.2 Å². The zero-order chi connectivity index (χ0) is 10.2. The molecule has 14 heavy (non-hydrogen) atoms. The minimum atomic E-state index is -2.87. The molecule has 0 amide bonds. The fraction of sp³-hybridized carbons (Fsp3) is 1.00. The first-order valence-corrected chi connectivity index (χ1v) is 6.73. The fourth-order valence-electron chi connectivity index (χ4n) is 2.35. The number of aliphatic hydroxyl groups is 1. The topological polar surface area (TPSA) is 69.6 Å². The van der Waals surface area contributed by atoms with Gasteiger partial charge in [-0.05, 0) is 0 Å². The Hall–Kier alpha value is -0.170. The van der Waals surface area contributed by atoms with Crippen molar-refractivity contribution in [1.82, 2.24) is 10.2 Å². The third-order valence-electron chi connectivity index (χ3n) is 2.98. The van der Waals surface area contributed by atoms with E-state index in [0.29, 0.717) is 6.54 Å². The standard InChI is InChI=1S/C8H16N2O3S/c11-4-3-10-2-1-9-7-5-14(12,13)6-8(7)10/h7-9,11H,1-6H2/t7-,8+/m0/s1. The Morgan fingerprint density at radius 1 is 1.43 bits per heavy atom. The lowest BCUT2D eigenvalue weighted by Crippen LogP contribution is -2.57. The van der Waals surface area contributed by atoms with Crippen LogP contribution in [0.2, 0.25) is 0 Å². The quantitative estimate of drug-likeness (QED) is 0.566. The first-order valence-electron chi connectivity index (χ1n) is 4.91. The highest BCUT2D eigenvalue weighted by atomic mass is 32.2. The number of hydrogen-bond acceptors (Lipinski definition) is 5. The molecule has 0 unspecified atom stereocenters. The summed E-state index contributed by atoms with van der Waals surface area (Å²) in [5.74, 6) is 0.490. The molecule has 82 valence electrons. The number of aliphatic hydroxyl groups excluding tert-OH is 1. The summed E-state index contributed by atoms with van der Waals surface area (Å²) < 4.78 is 22.8. The first kappa shape index (κ1) is 10.4. The Morgan fingerprint density at radius 3 is 2.93 bits per heavy atom. The van der Waals surface area contributed by atoms with Gasteiger partial charge in [-0.2, -0.15) is 0 Å². The minimum absolute atomic E-state index is 0.0697. The monoisotopic (exact) mass is 220 g/mol. The third-order valence-corrected chi connectivity index (χ3v) is 4.70. The summed E-state index contributed by atoms with van der Waals surface area (Å²) in [6.45, 7) is 2.33. The Balaban J connectivity index is 2.10. The van der Waals surface area contributed by atoms with E-state index < -0.39 is 9.84 Å². The highest BCUT2D eigenvalue weighted by molar-refractivity contribution is 7.91. The molecule has 0 aromatic rings. The maximum Gasteiger partial charge on any atom is 0.153 e. The molecule has 2 fully saturated rings. The van der Waals surface area contributed by atoms with E-state index in [1.165, 1.54) is 0 Å². The second-order valence-electron chi connectivity index (χ2n) is 3.96. The summed E-state index contributed by atoms with van der Waals surface area (Å²) >= 11 is 0. The lowest BCUT2D eigenvalue weighted by molar-refractivity contribution is 0.119. The van der Waals surface area contributed by atoms with Gasteiger partial charge in [-0.25, -0.2) is 8.42 Å². The highest BCUT2D eigenvalue weighted by Gasteiger charge is 2.42. The summed E-state index contributed by atoms with van der Waals surface area (Å²) in [6.07, 6.45) is 0. The largest absolute Gasteiger partial charge is 0.395 e. The first-order chi connectivity index (χ1) is 6.62. The van der Waals surface area contributed by atoms with Crippen LogP contribution in [0, 0.1) is 0 Å². The van der Waals surface area contributed by atoms with Gasteiger partial charge in [-0.1, -0.05) is 0 Å². The number of piperazine rings is 1. The molecule has 0 radical (unpaired) electrons. The maximum atomic E-state index is 11.4. The van der Waals surface area contributed by atoms with Crippen LogP contribution < -0.4 is 5.32 Å². The Kier molecular flexibility index (Phi) is 2.79. The van der Waals surface area contributed by atoms with Crippen molar-refractivity contribution >= 4 is 9.84 Å². The summed E-state index contributed by atoms with van der Waals surface area (Å²) in [5.41, 5.74) is 0. The van der Waals surface area contributed by atoms with Crippen LogP contribution in [-0.4, -0.2) is 68.3 Å². The molecule has 5 nitrogen and oxygen atoms in total. The van der Waals surface area contributed by atoms with Crippen LogP contribution in [0.25, 0.3) is 0 Å². The Labute approximate surface area is 84.0 Å². The number of nitrogens with one attached hydrogen (secondary N) is 1. The molecule has 2 atom stereocenters. The normalized spacial score (nSPS) is 36.9. The number of nitrogens with zero attached hydrogens (tertiary/aromatic N) is 1. The van der Waals surface area contributed by atoms with Crippen molar-refractivity contribution in [1.29, 1.82) is 0 Å². The zero-order valence-electron chi connectivity index (χ0n) is 8.02. The zero-order valence-corrected chi connectivity index (χ0v) is 8.83. The molecule has 2 rings (SSSR count). The lowest BCUT2D eigenvalue weighted by Gasteiger charge is -2.36. The Morgan fingerprint density at radius 2 is 2.21 bits per heavy atom. The SMILES string of the molecule is O=S1(=O)C[C@@H]2NCCN(CCO)[C@@H]2C1. The van der Waals surface area contributed by atoms with Crippen LogP contribution in [0.5, 0.6) is 0 Å². The van der Waals surface area contributed by atoms with Crippen molar-refractivity contribution in [2.24, 2.45) is 0 Å². The van der Waals surface area contributed by atoms with Gasteiger partial charge >= 0.3 is 0 Å². The van der Waals surface area contributed by atoms with Gasteiger partial charge in [-0.3, -0.25) is 4.90 Å². The van der Waals surface area contributed by atoms with Crippen molar-refractivity contribution in [2.45, 2.75) is 12.1 Å². The van der Waals surface area contributed by atoms with Gasteiger partial charge in [0, 0.05) is 31.7 Å². The van der Waals surface area contributed by atoms with E-state index in [1.807, 2.05) is 0 Å². The molecule has 2 saturated heterocycles. The van der Waals surface area contributed by atoms with Crippen molar-refractivity contribution in [3.05, 3.63) is 0 Å². The summed E-state index contributed by atoms with van der Waals surface area (Å²) in [6, 6.07) is 0.140. The van der Waals surface area contributed by atoms with Crippen molar-refractivity contribution in [3.63, 3.8) is 0 Å². The highest BCUT2D eigenvalue weighted by Crippen LogP contribution is 2.20. The van der Waals surface area contributed by atoms with E-state index >= 15 is 0 Å². The molecule has 0 aromatic heterocycles. The number of sulfone groups is 1. The number of hydrogen-bond donors (Lipinski definition) is 2. The molecular weight excluding hydrogens is 204 g/mol. The number of fused-ring (bicyclic) bond motifs is 1. The van der Waals surface area contributed by atoms with Gasteiger partial charge in [-0.15, -0.1) is 0 Å². The van der Waals surface area contributed by atoms with Crippen LogP contribution >= 0.6 is 0 Å². The molecule has 0 bridgehead atoms. The van der Waals surface area contributed by atoms with Gasteiger partial charge in [0.15, 0.2) is 9.84 Å². The molecular formula is C8H16N2O3S. The molecule has 2 aliphatic heterocycles. The molecule has 0 aromatic carbocycles. The Bertz CT molecular complexity index is 302. The van der Waals surface area contributed by atoms with Gasteiger partial charge in [0.1, 0.15) is 0 Å². The second kappa shape index (κ2) is 3.77. The molecule has 0 aliphatic carbocycles. The number of β-amino-alcohol motifs (C(OH)–C–C–N with tert-alkyl or cyclic N) is 1. The van der Waals surface area contributed by atoms with E-state index in [0.717, 1.165) is 13.1 Å². The van der Waals surface area contributed by atoms with E-state index in [4.69, 9.17) is 5.11 Å². The summed E-state index contributed by atoms with van der Waals surface area (Å²) in [5, 5.41) is 12.1. The van der Waals surface area contributed by atoms with Gasteiger partial charge < -0.3 is 10.4 Å². The van der Waals surface area contributed by atoms with E-state index in [-0.39, 0.29) is 30.2 Å². The smallest absolute Gasteiger partial charge is 0.153 e. The molecule has 2 N–H and O–H groups in total. The second-order valence-corrected chi connectivity index (χ2v) is 6.12. The predicted octanol–water partition coefficient (Wildman–Crippen LogP) is -1.95. The summed E-state index contributed by atoms with van der Waals surface area (Å²) in [4.78, 5) is 2.08. The molecule has 0 saturated carbocycles. The maximum absolute atomic E-state index is 11.4.